The first kappa shape index (κ1) is 31.1. The van der Waals surface area contributed by atoms with E-state index in [0.29, 0.717) is 0 Å². The third-order valence-corrected chi connectivity index (χ3v) is 9.84. The monoisotopic (exact) mass is 668 g/mol. The van der Waals surface area contributed by atoms with Crippen molar-refractivity contribution >= 4 is 61.9 Å². The fraction of sp³-hybridized carbons (Fsp3) is 0.0208. The molecule has 0 spiro atoms. The van der Waals surface area contributed by atoms with E-state index >= 15 is 0 Å². The van der Waals surface area contributed by atoms with Crippen molar-refractivity contribution in [1.82, 2.24) is 14.1 Å². The van der Waals surface area contributed by atoms with Crippen LogP contribution in [0.25, 0.3) is 67.4 Å². The molecule has 0 radical (unpaired) electrons. The number of pyridine rings is 1. The number of para-hydroxylation sites is 4. The molecule has 0 aliphatic rings. The Hall–Kier alpha value is -6.91. The van der Waals surface area contributed by atoms with Gasteiger partial charge in [-0.25, -0.2) is 0 Å². The highest BCUT2D eigenvalue weighted by Gasteiger charge is 2.20. The first-order chi connectivity index (χ1) is 25.7. The summed E-state index contributed by atoms with van der Waals surface area (Å²) in [6, 6.07) is 56.3. The van der Waals surface area contributed by atoms with E-state index in [9.17, 15) is 0 Å². The van der Waals surface area contributed by atoms with Gasteiger partial charge in [-0.1, -0.05) is 104 Å². The molecule has 0 N–H and O–H groups in total. The Balaban J connectivity index is 1.36. The Morgan fingerprint density at radius 3 is 1.94 bits per heavy atom. The standard InChI is InChI=1S/C48H36N4/c1-3-16-45-41(4-2)42-22-11-13-24-46(42)52(45)40-30-35(29-39(32-40)50(36-17-7-5-8-18-36)38-21-15-28-49-33-38)34-26-27-44-43-23-12-14-25-47(43)51(48(44)31-34)37-19-9-6-10-20-37/h3-33H,2H2,1H3/b16-3-. The van der Waals surface area contributed by atoms with Crippen LogP contribution in [-0.4, -0.2) is 14.1 Å². The van der Waals surface area contributed by atoms with Crippen LogP contribution in [-0.2, 0) is 0 Å². The molecule has 248 valence electrons. The Morgan fingerprint density at radius 2 is 1.21 bits per heavy atom. The molecule has 0 aliphatic carbocycles. The number of hydrogen-bond donors (Lipinski definition) is 0. The summed E-state index contributed by atoms with van der Waals surface area (Å²) < 4.78 is 4.75. The van der Waals surface area contributed by atoms with Crippen molar-refractivity contribution in [2.45, 2.75) is 6.92 Å². The maximum absolute atomic E-state index is 4.54. The summed E-state index contributed by atoms with van der Waals surface area (Å²) in [6.45, 7) is 6.30. The molecule has 0 aliphatic heterocycles. The van der Waals surface area contributed by atoms with Crippen molar-refractivity contribution in [3.05, 3.63) is 194 Å². The van der Waals surface area contributed by atoms with E-state index in [0.717, 1.165) is 56.3 Å². The van der Waals surface area contributed by atoms with Crippen LogP contribution in [0.2, 0.25) is 0 Å². The number of benzene rings is 6. The highest BCUT2D eigenvalue weighted by molar-refractivity contribution is 6.10. The van der Waals surface area contributed by atoms with Crippen LogP contribution in [0.1, 0.15) is 18.2 Å². The zero-order valence-electron chi connectivity index (χ0n) is 28.9. The predicted molar refractivity (Wildman–Crippen MR) is 220 cm³/mol. The lowest BCUT2D eigenvalue weighted by molar-refractivity contribution is 1.10. The van der Waals surface area contributed by atoms with Crippen molar-refractivity contribution in [1.29, 1.82) is 0 Å². The molecule has 3 aromatic heterocycles. The van der Waals surface area contributed by atoms with Crippen molar-refractivity contribution < 1.29 is 0 Å². The van der Waals surface area contributed by atoms with Gasteiger partial charge in [0.25, 0.3) is 0 Å². The topological polar surface area (TPSA) is 26.0 Å². The highest BCUT2D eigenvalue weighted by Crippen LogP contribution is 2.41. The zero-order chi connectivity index (χ0) is 35.0. The first-order valence-electron chi connectivity index (χ1n) is 17.6. The second-order valence-electron chi connectivity index (χ2n) is 12.9. The van der Waals surface area contributed by atoms with Crippen LogP contribution >= 0.6 is 0 Å². The summed E-state index contributed by atoms with van der Waals surface area (Å²) in [5, 5.41) is 3.63. The molecule has 0 saturated heterocycles. The second kappa shape index (κ2) is 13.1. The van der Waals surface area contributed by atoms with E-state index in [4.69, 9.17) is 0 Å². The number of fused-ring (bicyclic) bond motifs is 4. The number of aromatic nitrogens is 3. The molecule has 0 saturated carbocycles. The smallest absolute Gasteiger partial charge is 0.0644 e. The third kappa shape index (κ3) is 5.21. The Kier molecular flexibility index (Phi) is 7.83. The van der Waals surface area contributed by atoms with Gasteiger partial charge in [0.15, 0.2) is 0 Å². The van der Waals surface area contributed by atoms with Crippen molar-refractivity contribution in [2.75, 3.05) is 4.90 Å². The quantitative estimate of drug-likeness (QED) is 0.161. The molecule has 6 aromatic carbocycles. The number of anilines is 3. The molecule has 3 heterocycles. The van der Waals surface area contributed by atoms with Gasteiger partial charge in [-0.15, -0.1) is 0 Å². The molecule has 4 nitrogen and oxygen atoms in total. The number of rotatable bonds is 8. The molecular formula is C48H36N4. The lowest BCUT2D eigenvalue weighted by Gasteiger charge is -2.26. The van der Waals surface area contributed by atoms with Crippen LogP contribution in [0.4, 0.5) is 17.1 Å². The minimum atomic E-state index is 0.981. The number of allylic oxidation sites excluding steroid dienone is 1. The van der Waals surface area contributed by atoms with E-state index in [1.807, 2.05) is 24.5 Å². The van der Waals surface area contributed by atoms with Crippen LogP contribution in [0.5, 0.6) is 0 Å². The van der Waals surface area contributed by atoms with E-state index in [1.54, 1.807) is 0 Å². The molecular weight excluding hydrogens is 633 g/mol. The minimum absolute atomic E-state index is 0.981. The van der Waals surface area contributed by atoms with Gasteiger partial charge >= 0.3 is 0 Å². The van der Waals surface area contributed by atoms with Crippen molar-refractivity contribution in [2.24, 2.45) is 0 Å². The second-order valence-corrected chi connectivity index (χ2v) is 12.9. The molecule has 0 unspecified atom stereocenters. The molecule has 0 fully saturated rings. The van der Waals surface area contributed by atoms with Gasteiger partial charge < -0.3 is 14.0 Å². The van der Waals surface area contributed by atoms with Crippen LogP contribution in [0, 0.1) is 0 Å². The fourth-order valence-electron chi connectivity index (χ4n) is 7.64. The van der Waals surface area contributed by atoms with Crippen LogP contribution < -0.4 is 4.90 Å². The Bertz CT molecular complexity index is 2710. The van der Waals surface area contributed by atoms with Gasteiger partial charge in [0.1, 0.15) is 0 Å². The average molecular weight is 669 g/mol. The maximum Gasteiger partial charge on any atom is 0.0644 e. The van der Waals surface area contributed by atoms with Gasteiger partial charge in [0.2, 0.25) is 0 Å². The summed E-state index contributed by atoms with van der Waals surface area (Å²) in [4.78, 5) is 6.82. The molecule has 0 atom stereocenters. The first-order valence-corrected chi connectivity index (χ1v) is 17.6. The van der Waals surface area contributed by atoms with Crippen LogP contribution in [0.3, 0.4) is 0 Å². The lowest BCUT2D eigenvalue weighted by Crippen LogP contribution is -2.11. The van der Waals surface area contributed by atoms with Crippen LogP contribution in [0.15, 0.2) is 183 Å². The molecule has 52 heavy (non-hydrogen) atoms. The van der Waals surface area contributed by atoms with E-state index < -0.39 is 0 Å². The Labute approximate surface area is 303 Å². The average Bonchev–Trinajstić information content (AvgIpc) is 3.71. The molecule has 4 heteroatoms. The maximum atomic E-state index is 4.54. The number of hydrogen-bond acceptors (Lipinski definition) is 2. The summed E-state index contributed by atoms with van der Waals surface area (Å²) in [6.07, 6.45) is 10.0. The largest absolute Gasteiger partial charge is 0.309 e. The molecule has 9 aromatic rings. The Morgan fingerprint density at radius 1 is 0.538 bits per heavy atom. The predicted octanol–water partition coefficient (Wildman–Crippen LogP) is 12.9. The SMILES string of the molecule is C=Cc1c(/C=C\C)n(-c2cc(-c3ccc4c5ccccc5n(-c5ccccc5)c4c3)cc(N(c3ccccc3)c3cccnc3)c2)c2ccccc12. The summed E-state index contributed by atoms with van der Waals surface area (Å²) >= 11 is 0. The van der Waals surface area contributed by atoms with Gasteiger partial charge in [0.05, 0.1) is 34.1 Å². The lowest BCUT2D eigenvalue weighted by atomic mass is 10.0. The van der Waals surface area contributed by atoms with E-state index in [1.165, 1.54) is 27.2 Å². The van der Waals surface area contributed by atoms with E-state index in [-0.39, 0.29) is 0 Å². The third-order valence-electron chi connectivity index (χ3n) is 9.84. The molecule has 0 bridgehead atoms. The molecule has 0 amide bonds. The summed E-state index contributed by atoms with van der Waals surface area (Å²) in [5.74, 6) is 0. The number of nitrogens with zero attached hydrogens (tertiary/aromatic N) is 4. The van der Waals surface area contributed by atoms with Gasteiger partial charge in [0, 0.05) is 50.7 Å². The summed E-state index contributed by atoms with van der Waals surface area (Å²) in [5.41, 5.74) is 13.2. The van der Waals surface area contributed by atoms with Gasteiger partial charge in [-0.2, -0.15) is 0 Å². The van der Waals surface area contributed by atoms with Gasteiger partial charge in [-0.3, -0.25) is 4.98 Å². The van der Waals surface area contributed by atoms with Gasteiger partial charge in [-0.05, 0) is 96.9 Å². The molecule has 9 rings (SSSR count). The van der Waals surface area contributed by atoms with Crippen molar-refractivity contribution in [3.63, 3.8) is 0 Å². The fourth-order valence-corrected chi connectivity index (χ4v) is 7.64. The zero-order valence-corrected chi connectivity index (χ0v) is 28.9. The summed E-state index contributed by atoms with van der Waals surface area (Å²) in [7, 11) is 0. The van der Waals surface area contributed by atoms with Crippen molar-refractivity contribution in [3.8, 4) is 22.5 Å². The minimum Gasteiger partial charge on any atom is -0.309 e. The van der Waals surface area contributed by atoms with E-state index in [2.05, 4.69) is 196 Å². The highest BCUT2D eigenvalue weighted by atomic mass is 15.1. The normalized spacial score (nSPS) is 11.6.